The number of carboxylic acids is 1. The molecule has 0 bridgehead atoms. The third kappa shape index (κ3) is 4.91. The number of Topliss-reactive ketones (excluding diaryl/α,β-unsaturated/α-hetero) is 1. The molecule has 2 N–H and O–H groups in total. The van der Waals surface area contributed by atoms with Crippen LogP contribution >= 0.6 is 0 Å². The zero-order valence-corrected chi connectivity index (χ0v) is 11.0. The van der Waals surface area contributed by atoms with Crippen LogP contribution in [0.25, 0.3) is 0 Å². The number of hydrogen-bond acceptors (Lipinski definition) is 3. The van der Waals surface area contributed by atoms with Crippen molar-refractivity contribution in [3.05, 3.63) is 35.4 Å². The second-order valence-corrected chi connectivity index (χ2v) is 4.42. The number of hydrogen-bond donors (Lipinski definition) is 2. The zero-order valence-electron chi connectivity index (χ0n) is 11.0. The Morgan fingerprint density at radius 2 is 1.79 bits per heavy atom. The second-order valence-electron chi connectivity index (χ2n) is 4.42. The van der Waals surface area contributed by atoms with Gasteiger partial charge in [0.15, 0.2) is 11.8 Å². The highest BCUT2D eigenvalue weighted by Gasteiger charge is 2.26. The topological polar surface area (TPSA) is 83.5 Å². The number of ketones is 1. The monoisotopic (exact) mass is 263 g/mol. The normalized spacial score (nSPS) is 11.7. The van der Waals surface area contributed by atoms with Crippen molar-refractivity contribution in [2.45, 2.75) is 32.7 Å². The highest BCUT2D eigenvalue weighted by atomic mass is 16.4. The van der Waals surface area contributed by atoms with Gasteiger partial charge in [-0.1, -0.05) is 29.8 Å². The molecule has 1 aromatic rings. The van der Waals surface area contributed by atoms with E-state index in [1.165, 1.54) is 6.92 Å². The van der Waals surface area contributed by atoms with Gasteiger partial charge in [-0.25, -0.2) is 4.79 Å². The maximum atomic E-state index is 11.8. The third-order valence-electron chi connectivity index (χ3n) is 2.70. The maximum absolute atomic E-state index is 11.8. The van der Waals surface area contributed by atoms with Gasteiger partial charge in [-0.3, -0.25) is 9.59 Å². The Labute approximate surface area is 111 Å². The maximum Gasteiger partial charge on any atom is 0.334 e. The smallest absolute Gasteiger partial charge is 0.334 e. The number of aryl methyl sites for hydroxylation is 2. The summed E-state index contributed by atoms with van der Waals surface area (Å²) in [4.78, 5) is 33.5. The number of benzene rings is 1. The van der Waals surface area contributed by atoms with Crippen LogP contribution in [-0.4, -0.2) is 28.8 Å². The second kappa shape index (κ2) is 6.68. The Bertz CT molecular complexity index is 479. The first-order valence-corrected chi connectivity index (χ1v) is 5.98. The minimum Gasteiger partial charge on any atom is -0.479 e. The summed E-state index contributed by atoms with van der Waals surface area (Å²) in [5.41, 5.74) is 2.09. The van der Waals surface area contributed by atoms with Crippen LogP contribution in [0.1, 0.15) is 24.5 Å². The summed E-state index contributed by atoms with van der Waals surface area (Å²) >= 11 is 0. The Morgan fingerprint density at radius 3 is 2.26 bits per heavy atom. The molecule has 5 heteroatoms. The van der Waals surface area contributed by atoms with Crippen LogP contribution in [0, 0.1) is 6.92 Å². The van der Waals surface area contributed by atoms with E-state index < -0.39 is 23.7 Å². The number of carbonyl (C=O) groups excluding carboxylic acids is 2. The molecular formula is C14H17NO4. The highest BCUT2D eigenvalue weighted by molar-refractivity contribution is 6.04. The molecule has 0 radical (unpaired) electrons. The number of amides is 1. The van der Waals surface area contributed by atoms with Crippen molar-refractivity contribution in [2.24, 2.45) is 0 Å². The van der Waals surface area contributed by atoms with E-state index in [-0.39, 0.29) is 6.42 Å². The van der Waals surface area contributed by atoms with Gasteiger partial charge in [0.2, 0.25) is 5.91 Å². The van der Waals surface area contributed by atoms with Crippen LogP contribution in [0.2, 0.25) is 0 Å². The molecule has 0 fully saturated rings. The lowest BCUT2D eigenvalue weighted by atomic mass is 10.0. The summed E-state index contributed by atoms with van der Waals surface area (Å²) in [5.74, 6) is -2.36. The zero-order chi connectivity index (χ0) is 14.4. The predicted octanol–water partition coefficient (Wildman–Crippen LogP) is 1.09. The van der Waals surface area contributed by atoms with Crippen LogP contribution in [-0.2, 0) is 20.8 Å². The van der Waals surface area contributed by atoms with E-state index in [2.05, 4.69) is 5.32 Å². The molecule has 102 valence electrons. The molecule has 19 heavy (non-hydrogen) atoms. The SMILES string of the molecule is CC(=O)NC(C(=O)O)C(=O)CCc1ccc(C)cc1. The van der Waals surface area contributed by atoms with Crippen LogP contribution in [0.3, 0.4) is 0 Å². The number of aliphatic carboxylic acids is 1. The van der Waals surface area contributed by atoms with E-state index in [1.54, 1.807) is 0 Å². The fraction of sp³-hybridized carbons (Fsp3) is 0.357. The first kappa shape index (κ1) is 14.9. The third-order valence-corrected chi connectivity index (χ3v) is 2.70. The van der Waals surface area contributed by atoms with Gasteiger partial charge in [0.1, 0.15) is 0 Å². The average molecular weight is 263 g/mol. The molecule has 0 heterocycles. The van der Waals surface area contributed by atoms with Gasteiger partial charge in [0, 0.05) is 13.3 Å². The van der Waals surface area contributed by atoms with E-state index in [0.29, 0.717) is 6.42 Å². The molecule has 0 saturated carbocycles. The van der Waals surface area contributed by atoms with Gasteiger partial charge >= 0.3 is 5.97 Å². The van der Waals surface area contributed by atoms with Crippen molar-refractivity contribution in [1.82, 2.24) is 5.32 Å². The summed E-state index contributed by atoms with van der Waals surface area (Å²) in [6.45, 7) is 3.15. The van der Waals surface area contributed by atoms with E-state index >= 15 is 0 Å². The fourth-order valence-electron chi connectivity index (χ4n) is 1.65. The van der Waals surface area contributed by atoms with Crippen molar-refractivity contribution in [2.75, 3.05) is 0 Å². The molecule has 0 aliphatic rings. The Hall–Kier alpha value is -2.17. The van der Waals surface area contributed by atoms with E-state index in [1.807, 2.05) is 31.2 Å². The number of carbonyl (C=O) groups is 3. The fourth-order valence-corrected chi connectivity index (χ4v) is 1.65. The van der Waals surface area contributed by atoms with Gasteiger partial charge < -0.3 is 10.4 Å². The molecule has 0 aliphatic heterocycles. The molecule has 0 spiro atoms. The molecular weight excluding hydrogens is 246 g/mol. The van der Waals surface area contributed by atoms with Gasteiger partial charge in [-0.2, -0.15) is 0 Å². The molecule has 1 rings (SSSR count). The minimum absolute atomic E-state index is 0.0836. The van der Waals surface area contributed by atoms with Gasteiger partial charge in [-0.05, 0) is 18.9 Å². The van der Waals surface area contributed by atoms with Gasteiger partial charge in [0.05, 0.1) is 0 Å². The van der Waals surface area contributed by atoms with Crippen molar-refractivity contribution < 1.29 is 19.5 Å². The molecule has 1 aromatic carbocycles. The first-order chi connectivity index (χ1) is 8.90. The number of nitrogens with one attached hydrogen (secondary N) is 1. The first-order valence-electron chi connectivity index (χ1n) is 5.98. The van der Waals surface area contributed by atoms with Crippen LogP contribution in [0.4, 0.5) is 0 Å². The Kier molecular flexibility index (Phi) is 5.23. The van der Waals surface area contributed by atoms with E-state index in [0.717, 1.165) is 11.1 Å². The predicted molar refractivity (Wildman–Crippen MR) is 69.7 cm³/mol. The summed E-state index contributed by atoms with van der Waals surface area (Å²) in [5, 5.41) is 11.0. The Balaban J connectivity index is 2.59. The lowest BCUT2D eigenvalue weighted by molar-refractivity contribution is -0.145. The summed E-state index contributed by atoms with van der Waals surface area (Å²) in [6, 6.07) is 6.21. The van der Waals surface area contributed by atoms with Gasteiger partial charge in [-0.15, -0.1) is 0 Å². The van der Waals surface area contributed by atoms with Crippen molar-refractivity contribution in [3.8, 4) is 0 Å². The molecule has 0 saturated heterocycles. The molecule has 0 aromatic heterocycles. The standard InChI is InChI=1S/C14H17NO4/c1-9-3-5-11(6-4-9)7-8-12(17)13(14(18)19)15-10(2)16/h3-6,13H,7-8H2,1-2H3,(H,15,16)(H,18,19). The molecule has 1 unspecified atom stereocenters. The molecule has 0 aliphatic carbocycles. The molecule has 1 amide bonds. The minimum atomic E-state index is -1.46. The summed E-state index contributed by atoms with van der Waals surface area (Å²) in [6.07, 6.45) is 0.544. The number of carboxylic acid groups (broad SMARTS) is 1. The lowest BCUT2D eigenvalue weighted by Gasteiger charge is -2.11. The summed E-state index contributed by atoms with van der Waals surface area (Å²) in [7, 11) is 0. The van der Waals surface area contributed by atoms with Crippen LogP contribution in [0.5, 0.6) is 0 Å². The number of rotatable bonds is 6. The average Bonchev–Trinajstić information content (AvgIpc) is 2.34. The molecule has 1 atom stereocenters. The van der Waals surface area contributed by atoms with Crippen molar-refractivity contribution in [3.63, 3.8) is 0 Å². The Morgan fingerprint density at radius 1 is 1.21 bits per heavy atom. The van der Waals surface area contributed by atoms with E-state index in [9.17, 15) is 14.4 Å². The van der Waals surface area contributed by atoms with Crippen molar-refractivity contribution >= 4 is 17.7 Å². The summed E-state index contributed by atoms with van der Waals surface area (Å²) < 4.78 is 0. The van der Waals surface area contributed by atoms with E-state index in [4.69, 9.17) is 5.11 Å². The van der Waals surface area contributed by atoms with Crippen molar-refractivity contribution in [1.29, 1.82) is 0 Å². The van der Waals surface area contributed by atoms with Crippen LogP contribution in [0.15, 0.2) is 24.3 Å². The van der Waals surface area contributed by atoms with Gasteiger partial charge in [0.25, 0.3) is 0 Å². The van der Waals surface area contributed by atoms with Crippen LogP contribution < -0.4 is 5.32 Å². The molecule has 5 nitrogen and oxygen atoms in total. The largest absolute Gasteiger partial charge is 0.479 e. The quantitative estimate of drug-likeness (QED) is 0.752. The highest BCUT2D eigenvalue weighted by Crippen LogP contribution is 2.07. The lowest BCUT2D eigenvalue weighted by Crippen LogP contribution is -2.45.